The number of thioether (sulfide) groups is 1. The first kappa shape index (κ1) is 59.3. The molecule has 4 aromatic carbocycles. The molecule has 404 valence electrons. The van der Waals surface area contributed by atoms with Crippen molar-refractivity contribution in [2.45, 2.75) is 70.4 Å². The number of benzene rings is 4. The summed E-state index contributed by atoms with van der Waals surface area (Å²) < 4.78 is 36.7. The number of thiocarbonyl (C=S) groups is 1. The first-order valence-electron chi connectivity index (χ1n) is 25.2. The number of halogens is 3. The van der Waals surface area contributed by atoms with Crippen LogP contribution in [0, 0.1) is 11.6 Å². The van der Waals surface area contributed by atoms with Crippen LogP contribution in [-0.4, -0.2) is 126 Å². The summed E-state index contributed by atoms with van der Waals surface area (Å²) in [6.07, 6.45) is 10.4. The van der Waals surface area contributed by atoms with Crippen molar-refractivity contribution in [3.63, 3.8) is 0 Å². The lowest BCUT2D eigenvalue weighted by Crippen LogP contribution is -2.43. The zero-order valence-corrected chi connectivity index (χ0v) is 48.5. The second-order valence-corrected chi connectivity index (χ2v) is 21.5. The fourth-order valence-electron chi connectivity index (χ4n) is 9.66. The molecule has 9 rings (SSSR count). The van der Waals surface area contributed by atoms with Crippen LogP contribution in [0.3, 0.4) is 0 Å². The Labute approximate surface area is 465 Å². The van der Waals surface area contributed by atoms with Crippen molar-refractivity contribution in [1.29, 1.82) is 0 Å². The number of rotatable bonds is 14. The standard InChI is InChI=1S/C26H30FN5O2S.C19H29N5S2.C9H8BrFO2.H3P/c1-34-22-9-4-17(16-21(22)27)23(33)24-25(28)30-26(35-24)29-18-5-7-19(8-6-18)32-14-10-20(11-15-32)31-12-2-3-13-31;1-2-26-18(20)22-19(25)21-15-5-7-16(8-6-15)24-13-9-17(10-14-24)23-11-3-4-12-23;1-13-9-3-2-6(4-7(9)11)8(12)5-10;/h4-9,16,20H,2-3,10-15,28H2,1H3,(H,29,30);5-8,17H,2-4,9-14H2,1H3,(H3,20,21,22,25);2-4H,5H2,1H3;1H3. The Morgan fingerprint density at radius 3 is 1.68 bits per heavy atom. The molecule has 4 fully saturated rings. The number of aromatic nitrogens is 1. The van der Waals surface area contributed by atoms with E-state index >= 15 is 0 Å². The molecule has 1 aromatic heterocycles. The molecule has 0 radical (unpaired) electrons. The summed E-state index contributed by atoms with van der Waals surface area (Å²) >= 11 is 10.9. The second-order valence-electron chi connectivity index (χ2n) is 18.3. The number of ether oxygens (including phenoxy) is 2. The zero-order valence-electron chi connectivity index (χ0n) is 43.0. The molecule has 4 aliphatic rings. The monoisotopic (exact) mass is 1170 g/mol. The van der Waals surface area contributed by atoms with Crippen LogP contribution in [0.25, 0.3) is 0 Å². The minimum atomic E-state index is -0.597. The summed E-state index contributed by atoms with van der Waals surface area (Å²) in [5, 5.41) is 7.98. The molecule has 21 heteroatoms. The Morgan fingerprint density at radius 1 is 0.760 bits per heavy atom. The molecular weight excluding hydrogens is 1100 g/mol. The molecular formula is C54H70BrF2N10O4PS3. The SMILES string of the molecule is CCSC(N)=NC(=S)Nc1ccc(N2CCC(N3CCCC3)CC2)cc1.COc1ccc(C(=O)CBr)cc1F.COc1ccc(C(=O)c2sc(Nc3ccc(N4CCC(N5CCCC5)CC4)cc3)nc2N)cc1F.P. The summed E-state index contributed by atoms with van der Waals surface area (Å²) in [6.45, 7) is 11.6. The van der Waals surface area contributed by atoms with Gasteiger partial charge in [-0.15, -0.1) is 0 Å². The maximum atomic E-state index is 14.0. The maximum absolute atomic E-state index is 14.0. The number of nitrogens with zero attached hydrogens (tertiary/aromatic N) is 6. The molecule has 5 aromatic rings. The number of ketones is 2. The van der Waals surface area contributed by atoms with Crippen molar-refractivity contribution < 1.29 is 27.8 Å². The number of alkyl halides is 1. The van der Waals surface area contributed by atoms with Gasteiger partial charge in [0.05, 0.1) is 19.5 Å². The smallest absolute Gasteiger partial charge is 0.206 e. The number of aliphatic imine (C=N–C) groups is 1. The third kappa shape index (κ3) is 16.8. The van der Waals surface area contributed by atoms with Crippen LogP contribution in [0.2, 0.25) is 0 Å². The Bertz CT molecular complexity index is 2680. The molecule has 4 aliphatic heterocycles. The largest absolute Gasteiger partial charge is 0.494 e. The summed E-state index contributed by atoms with van der Waals surface area (Å²) in [4.78, 5) is 43.0. The van der Waals surface area contributed by atoms with E-state index in [9.17, 15) is 18.4 Å². The third-order valence-corrected chi connectivity index (χ3v) is 15.9. The molecule has 1 unspecified atom stereocenters. The molecule has 0 bridgehead atoms. The fraction of sp³-hybridized carbons (Fsp3) is 0.426. The minimum absolute atomic E-state index is 0. The number of carbonyl (C=O) groups is 2. The van der Waals surface area contributed by atoms with Crippen LogP contribution >= 0.6 is 61.1 Å². The van der Waals surface area contributed by atoms with Crippen LogP contribution in [-0.2, 0) is 0 Å². The van der Waals surface area contributed by atoms with Gasteiger partial charge in [0.1, 0.15) is 10.7 Å². The first-order chi connectivity index (χ1) is 35.8. The highest BCUT2D eigenvalue weighted by Crippen LogP contribution is 2.33. The average Bonchev–Trinajstić information content (AvgIpc) is 4.24. The van der Waals surface area contributed by atoms with Gasteiger partial charge in [0.25, 0.3) is 0 Å². The number of thiazole rings is 1. The first-order valence-corrected chi connectivity index (χ1v) is 28.5. The highest BCUT2D eigenvalue weighted by molar-refractivity contribution is 9.09. The third-order valence-electron chi connectivity index (χ3n) is 13.6. The molecule has 0 amide bonds. The predicted octanol–water partition coefficient (Wildman–Crippen LogP) is 10.9. The highest BCUT2D eigenvalue weighted by Gasteiger charge is 2.28. The average molecular weight is 1170 g/mol. The number of anilines is 6. The number of likely N-dealkylation sites (tertiary alicyclic amines) is 2. The van der Waals surface area contributed by atoms with Gasteiger partial charge in [-0.1, -0.05) is 46.0 Å². The van der Waals surface area contributed by atoms with E-state index in [-0.39, 0.29) is 54.6 Å². The van der Waals surface area contributed by atoms with Crippen molar-refractivity contribution in [3.05, 3.63) is 113 Å². The normalized spacial score (nSPS) is 16.5. The maximum Gasteiger partial charge on any atom is 0.206 e. The molecule has 0 aliphatic carbocycles. The Hall–Kier alpha value is -4.95. The molecule has 0 saturated carbocycles. The summed E-state index contributed by atoms with van der Waals surface area (Å²) in [5.41, 5.74) is 16.7. The molecule has 0 spiro atoms. The summed E-state index contributed by atoms with van der Waals surface area (Å²) in [5.74, 6) is -0.401. The van der Waals surface area contributed by atoms with Gasteiger partial charge in [-0.3, -0.25) is 9.59 Å². The number of Topliss-reactive ketones (excluding diaryl/α,β-unsaturated/α-hetero) is 1. The number of hydrogen-bond donors (Lipinski definition) is 4. The van der Waals surface area contributed by atoms with Crippen LogP contribution < -0.4 is 41.4 Å². The fourth-order valence-corrected chi connectivity index (χ4v) is 11.6. The van der Waals surface area contributed by atoms with Gasteiger partial charge >= 0.3 is 0 Å². The van der Waals surface area contributed by atoms with Gasteiger partial charge in [0.2, 0.25) is 5.78 Å². The second kappa shape index (κ2) is 29.5. The van der Waals surface area contributed by atoms with Crippen LogP contribution in [0.5, 0.6) is 11.5 Å². The van der Waals surface area contributed by atoms with Crippen LogP contribution in [0.15, 0.2) is 89.9 Å². The Morgan fingerprint density at radius 2 is 1.23 bits per heavy atom. The molecule has 5 heterocycles. The van der Waals surface area contributed by atoms with E-state index in [2.05, 4.69) is 92.5 Å². The van der Waals surface area contributed by atoms with E-state index in [0.29, 0.717) is 21.0 Å². The lowest BCUT2D eigenvalue weighted by molar-refractivity contribution is 0.102. The van der Waals surface area contributed by atoms with Crippen LogP contribution in [0.1, 0.15) is 83.9 Å². The van der Waals surface area contributed by atoms with Crippen molar-refractivity contribution >= 4 is 117 Å². The van der Waals surface area contributed by atoms with Gasteiger partial charge in [0.15, 0.2) is 44.3 Å². The lowest BCUT2D eigenvalue weighted by atomic mass is 10.0. The van der Waals surface area contributed by atoms with E-state index in [4.69, 9.17) is 33.2 Å². The number of nitrogens with two attached hydrogens (primary N) is 2. The van der Waals surface area contributed by atoms with Crippen molar-refractivity contribution in [1.82, 2.24) is 14.8 Å². The molecule has 1 atom stereocenters. The predicted molar refractivity (Wildman–Crippen MR) is 319 cm³/mol. The van der Waals surface area contributed by atoms with E-state index in [1.165, 1.54) is 145 Å². The zero-order chi connectivity index (χ0) is 52.6. The van der Waals surface area contributed by atoms with Gasteiger partial charge in [-0.2, -0.15) is 14.9 Å². The number of amidine groups is 1. The van der Waals surface area contributed by atoms with E-state index < -0.39 is 11.6 Å². The minimum Gasteiger partial charge on any atom is -0.494 e. The molecule has 14 nitrogen and oxygen atoms in total. The number of carbonyl (C=O) groups excluding carboxylic acids is 2. The number of nitrogens with one attached hydrogen (secondary N) is 2. The van der Waals surface area contributed by atoms with E-state index in [0.717, 1.165) is 72.8 Å². The van der Waals surface area contributed by atoms with Gasteiger partial charge in [-0.05, 0) is 180 Å². The Balaban J connectivity index is 0.000000201. The summed E-state index contributed by atoms with van der Waals surface area (Å²) in [6, 6.07) is 26.5. The van der Waals surface area contributed by atoms with E-state index in [1.807, 2.05) is 19.1 Å². The lowest BCUT2D eigenvalue weighted by Gasteiger charge is -2.37. The number of methoxy groups -OCH3 is 2. The number of piperidine rings is 2. The number of nitrogen functional groups attached to an aromatic ring is 1. The topological polar surface area (TPSA) is 167 Å². The van der Waals surface area contributed by atoms with Gasteiger partial charge in [0, 0.05) is 72.1 Å². The number of hydrogen-bond acceptors (Lipinski definition) is 14. The highest BCUT2D eigenvalue weighted by atomic mass is 79.9. The van der Waals surface area contributed by atoms with Gasteiger partial charge < -0.3 is 51.2 Å². The van der Waals surface area contributed by atoms with Crippen molar-refractivity contribution in [3.8, 4) is 11.5 Å². The Kier molecular flexibility index (Phi) is 23.4. The summed E-state index contributed by atoms with van der Waals surface area (Å²) in [7, 11) is 2.76. The van der Waals surface area contributed by atoms with Crippen molar-refractivity contribution in [2.75, 3.05) is 104 Å². The van der Waals surface area contributed by atoms with Crippen molar-refractivity contribution in [2.24, 2.45) is 10.7 Å². The van der Waals surface area contributed by atoms with E-state index in [1.54, 1.807) is 0 Å². The van der Waals surface area contributed by atoms with Crippen LogP contribution in [0.4, 0.5) is 42.5 Å². The molecule has 75 heavy (non-hydrogen) atoms. The quantitative estimate of drug-likeness (QED) is 0.0207. The molecule has 4 saturated heterocycles. The molecule has 6 N–H and O–H groups in total. The van der Waals surface area contributed by atoms with Gasteiger partial charge in [-0.25, -0.2) is 13.8 Å².